The minimum Gasteiger partial charge on any atom is -0.325 e. The molecule has 0 aromatic rings. The molecule has 6 aliphatic carbocycles. The van der Waals surface area contributed by atoms with Crippen LogP contribution in [0.2, 0.25) is 0 Å². The van der Waals surface area contributed by atoms with Crippen LogP contribution in [0.3, 0.4) is 0 Å². The molecule has 2 N–H and O–H groups in total. The molecule has 0 aromatic carbocycles. The molecule has 0 aromatic heterocycles. The summed E-state index contributed by atoms with van der Waals surface area (Å²) in [6, 6.07) is 0. The minimum atomic E-state index is 0.184. The standard InChI is InChI=1S/C19H31N/c1-3-18(20)9-16-13-5-12-6-14(7-13)19(10-18)8-11(2)4-15(12)17(16)19/h11-17H,3-10,20H2,1-2H3. The van der Waals surface area contributed by atoms with Crippen LogP contribution in [-0.2, 0) is 0 Å². The summed E-state index contributed by atoms with van der Waals surface area (Å²) in [6.07, 6.45) is 11.8. The van der Waals surface area contributed by atoms with Crippen molar-refractivity contribution in [2.24, 2.45) is 52.6 Å². The second-order valence-corrected chi connectivity index (χ2v) is 9.65. The fourth-order valence-corrected chi connectivity index (χ4v) is 8.54. The highest BCUT2D eigenvalue weighted by Gasteiger charge is 2.69. The lowest BCUT2D eigenvalue weighted by molar-refractivity contribution is -0.250. The first kappa shape index (κ1) is 12.5. The summed E-state index contributed by atoms with van der Waals surface area (Å²) >= 11 is 0. The van der Waals surface area contributed by atoms with Crippen molar-refractivity contribution in [1.82, 2.24) is 0 Å². The van der Waals surface area contributed by atoms with Gasteiger partial charge in [0.1, 0.15) is 0 Å². The van der Waals surface area contributed by atoms with Crippen LogP contribution in [0.4, 0.5) is 0 Å². The topological polar surface area (TPSA) is 26.0 Å². The normalized spacial score (nSPS) is 66.5. The fourth-order valence-electron chi connectivity index (χ4n) is 8.54. The molecule has 0 radical (unpaired) electrons. The summed E-state index contributed by atoms with van der Waals surface area (Å²) in [7, 11) is 0. The lowest BCUT2D eigenvalue weighted by Crippen LogP contribution is -2.70. The highest BCUT2D eigenvalue weighted by Crippen LogP contribution is 2.76. The molecule has 6 fully saturated rings. The molecule has 6 aliphatic rings. The summed E-state index contributed by atoms with van der Waals surface area (Å²) in [5.41, 5.74) is 7.78. The van der Waals surface area contributed by atoms with Gasteiger partial charge in [-0.25, -0.2) is 0 Å². The first-order valence-corrected chi connectivity index (χ1v) is 9.33. The lowest BCUT2D eigenvalue weighted by atomic mass is 9.31. The number of hydrogen-bond acceptors (Lipinski definition) is 1. The maximum atomic E-state index is 6.91. The maximum Gasteiger partial charge on any atom is 0.0160 e. The van der Waals surface area contributed by atoms with E-state index in [-0.39, 0.29) is 5.54 Å². The Morgan fingerprint density at radius 2 is 1.75 bits per heavy atom. The lowest BCUT2D eigenvalue weighted by Gasteiger charge is -2.75. The molecule has 0 heterocycles. The Balaban J connectivity index is 1.65. The molecule has 0 spiro atoms. The third-order valence-corrected chi connectivity index (χ3v) is 8.82. The van der Waals surface area contributed by atoms with Crippen molar-refractivity contribution < 1.29 is 0 Å². The summed E-state index contributed by atoms with van der Waals surface area (Å²) in [5, 5.41) is 0. The van der Waals surface area contributed by atoms with Gasteiger partial charge in [-0.3, -0.25) is 0 Å². The van der Waals surface area contributed by atoms with Crippen LogP contribution >= 0.6 is 0 Å². The molecule has 20 heavy (non-hydrogen) atoms. The SMILES string of the molecule is CCC1(N)CC2C3CC4CC(C3)C3(CC(C)CC4C23)C1. The van der Waals surface area contributed by atoms with E-state index in [9.17, 15) is 0 Å². The molecular weight excluding hydrogens is 242 g/mol. The van der Waals surface area contributed by atoms with Gasteiger partial charge < -0.3 is 5.73 Å². The van der Waals surface area contributed by atoms with Gasteiger partial charge in [-0.05, 0) is 98.2 Å². The molecule has 1 nitrogen and oxygen atoms in total. The Kier molecular flexibility index (Phi) is 2.28. The van der Waals surface area contributed by atoms with Gasteiger partial charge in [0.15, 0.2) is 0 Å². The molecule has 6 saturated carbocycles. The molecule has 0 saturated heterocycles. The van der Waals surface area contributed by atoms with Crippen molar-refractivity contribution >= 4 is 0 Å². The van der Waals surface area contributed by atoms with E-state index in [0.29, 0.717) is 5.41 Å². The molecule has 7 bridgehead atoms. The number of hydrogen-bond donors (Lipinski definition) is 1. The van der Waals surface area contributed by atoms with E-state index < -0.39 is 0 Å². The van der Waals surface area contributed by atoms with Crippen molar-refractivity contribution in [1.29, 1.82) is 0 Å². The van der Waals surface area contributed by atoms with Crippen LogP contribution in [0, 0.1) is 46.8 Å². The van der Waals surface area contributed by atoms with Crippen LogP contribution < -0.4 is 5.73 Å². The average molecular weight is 273 g/mol. The molecule has 0 aliphatic heterocycles. The van der Waals surface area contributed by atoms with Crippen LogP contribution in [0.1, 0.15) is 65.2 Å². The van der Waals surface area contributed by atoms with E-state index in [0.717, 1.165) is 41.4 Å². The predicted molar refractivity (Wildman–Crippen MR) is 82.1 cm³/mol. The first-order valence-electron chi connectivity index (χ1n) is 9.33. The zero-order valence-corrected chi connectivity index (χ0v) is 13.3. The third-order valence-electron chi connectivity index (χ3n) is 8.82. The van der Waals surface area contributed by atoms with Gasteiger partial charge in [0.25, 0.3) is 0 Å². The molecule has 9 atom stereocenters. The van der Waals surface area contributed by atoms with E-state index in [1.54, 1.807) is 25.7 Å². The van der Waals surface area contributed by atoms with Crippen molar-refractivity contribution in [3.05, 3.63) is 0 Å². The largest absolute Gasteiger partial charge is 0.325 e. The second-order valence-electron chi connectivity index (χ2n) is 9.65. The van der Waals surface area contributed by atoms with Gasteiger partial charge in [0.2, 0.25) is 0 Å². The Morgan fingerprint density at radius 1 is 1.00 bits per heavy atom. The van der Waals surface area contributed by atoms with Crippen LogP contribution in [0.25, 0.3) is 0 Å². The summed E-state index contributed by atoms with van der Waals surface area (Å²) in [4.78, 5) is 0. The van der Waals surface area contributed by atoms with Crippen molar-refractivity contribution in [3.63, 3.8) is 0 Å². The minimum absolute atomic E-state index is 0.184. The van der Waals surface area contributed by atoms with Crippen molar-refractivity contribution in [2.45, 2.75) is 70.8 Å². The smallest absolute Gasteiger partial charge is 0.0160 e. The number of rotatable bonds is 1. The molecular formula is C19H31N. The van der Waals surface area contributed by atoms with Gasteiger partial charge in [0.05, 0.1) is 0 Å². The van der Waals surface area contributed by atoms with Crippen molar-refractivity contribution in [2.75, 3.05) is 0 Å². The Morgan fingerprint density at radius 3 is 2.50 bits per heavy atom. The Hall–Kier alpha value is -0.0400. The zero-order valence-electron chi connectivity index (χ0n) is 13.3. The van der Waals surface area contributed by atoms with Gasteiger partial charge in [-0.2, -0.15) is 0 Å². The monoisotopic (exact) mass is 273 g/mol. The second kappa shape index (κ2) is 3.65. The quantitative estimate of drug-likeness (QED) is 0.761. The highest BCUT2D eigenvalue weighted by molar-refractivity contribution is 5.20. The molecule has 112 valence electrons. The average Bonchev–Trinajstić information content (AvgIpc) is 2.42. The molecule has 9 unspecified atom stereocenters. The van der Waals surface area contributed by atoms with Crippen LogP contribution in [0.5, 0.6) is 0 Å². The highest BCUT2D eigenvalue weighted by atomic mass is 14.8. The maximum absolute atomic E-state index is 6.91. The van der Waals surface area contributed by atoms with Crippen molar-refractivity contribution in [3.8, 4) is 0 Å². The zero-order chi connectivity index (χ0) is 13.7. The van der Waals surface area contributed by atoms with Gasteiger partial charge in [-0.15, -0.1) is 0 Å². The van der Waals surface area contributed by atoms with Gasteiger partial charge in [-0.1, -0.05) is 13.8 Å². The summed E-state index contributed by atoms with van der Waals surface area (Å²) < 4.78 is 0. The van der Waals surface area contributed by atoms with E-state index in [1.165, 1.54) is 25.7 Å². The fraction of sp³-hybridized carbons (Fsp3) is 1.00. The van der Waals surface area contributed by atoms with Crippen LogP contribution in [-0.4, -0.2) is 5.54 Å². The first-order chi connectivity index (χ1) is 9.55. The predicted octanol–water partition coefficient (Wildman–Crippen LogP) is 4.21. The molecule has 1 heteroatoms. The molecule has 6 rings (SSSR count). The Labute approximate surface area is 124 Å². The van der Waals surface area contributed by atoms with E-state index in [4.69, 9.17) is 5.73 Å². The summed E-state index contributed by atoms with van der Waals surface area (Å²) in [6.45, 7) is 4.89. The molecule has 0 amide bonds. The van der Waals surface area contributed by atoms with E-state index in [1.807, 2.05) is 0 Å². The van der Waals surface area contributed by atoms with Gasteiger partial charge >= 0.3 is 0 Å². The number of nitrogens with two attached hydrogens (primary N) is 1. The summed E-state index contributed by atoms with van der Waals surface area (Å²) in [5.74, 6) is 7.41. The van der Waals surface area contributed by atoms with E-state index >= 15 is 0 Å². The van der Waals surface area contributed by atoms with E-state index in [2.05, 4.69) is 13.8 Å². The Bertz CT molecular complexity index is 443. The van der Waals surface area contributed by atoms with Crippen LogP contribution in [0.15, 0.2) is 0 Å². The van der Waals surface area contributed by atoms with Gasteiger partial charge in [0, 0.05) is 5.54 Å². The third kappa shape index (κ3) is 1.30.